The zero-order valence-corrected chi connectivity index (χ0v) is 12.0. The number of nitrogens with zero attached hydrogens (tertiary/aromatic N) is 2. The van der Waals surface area contributed by atoms with Crippen molar-refractivity contribution in [1.29, 1.82) is 5.26 Å². The lowest BCUT2D eigenvalue weighted by molar-refractivity contribution is 0.673. The number of rotatable bonds is 3. The van der Waals surface area contributed by atoms with Gasteiger partial charge in [0, 0.05) is 40.3 Å². The molecule has 0 amide bonds. The van der Waals surface area contributed by atoms with Gasteiger partial charge in [-0.25, -0.2) is 0 Å². The Morgan fingerprint density at radius 2 is 2.17 bits per heavy atom. The van der Waals surface area contributed by atoms with Crippen LogP contribution in [0.3, 0.4) is 0 Å². The van der Waals surface area contributed by atoms with E-state index in [1.807, 2.05) is 18.2 Å². The van der Waals surface area contributed by atoms with Crippen LogP contribution in [-0.2, 0) is 10.8 Å². The number of hydrogen-bond donors (Lipinski definition) is 0. The van der Waals surface area contributed by atoms with Gasteiger partial charge < -0.3 is 4.90 Å². The van der Waals surface area contributed by atoms with Gasteiger partial charge >= 0.3 is 0 Å². The lowest BCUT2D eigenvalue weighted by Gasteiger charge is -2.29. The molecule has 1 fully saturated rings. The topological polar surface area (TPSA) is 44.1 Å². The van der Waals surface area contributed by atoms with Crippen molar-refractivity contribution in [2.24, 2.45) is 0 Å². The van der Waals surface area contributed by atoms with Gasteiger partial charge in [0.15, 0.2) is 0 Å². The Labute approximate surface area is 115 Å². The van der Waals surface area contributed by atoms with Crippen LogP contribution in [0, 0.1) is 11.3 Å². The highest BCUT2D eigenvalue weighted by Crippen LogP contribution is 2.30. The minimum atomic E-state index is -0.682. The molecule has 0 radical (unpaired) electrons. The first-order valence-corrected chi connectivity index (χ1v) is 8.49. The Morgan fingerprint density at radius 3 is 2.78 bits per heavy atom. The predicted octanol–water partition coefficient (Wildman–Crippen LogP) is 2.24. The van der Waals surface area contributed by atoms with Crippen molar-refractivity contribution < 1.29 is 4.21 Å². The van der Waals surface area contributed by atoms with Gasteiger partial charge in [0.1, 0.15) is 6.07 Å². The summed E-state index contributed by atoms with van der Waals surface area (Å²) in [5.41, 5.74) is 1.75. The molecule has 0 N–H and O–H groups in total. The zero-order chi connectivity index (χ0) is 13.0. The molecule has 5 heteroatoms. The van der Waals surface area contributed by atoms with E-state index in [-0.39, 0.29) is 0 Å². The monoisotopic (exact) mass is 280 g/mol. The molecular formula is C13H16N2OS2. The molecule has 0 spiro atoms. The Morgan fingerprint density at radius 1 is 1.44 bits per heavy atom. The fourth-order valence-corrected chi connectivity index (χ4v) is 3.88. The van der Waals surface area contributed by atoms with Crippen molar-refractivity contribution in [2.75, 3.05) is 35.2 Å². The summed E-state index contributed by atoms with van der Waals surface area (Å²) in [4.78, 5) is 3.23. The summed E-state index contributed by atoms with van der Waals surface area (Å²) >= 11 is 1.70. The quantitative estimate of drug-likeness (QED) is 0.797. The first-order chi connectivity index (χ1) is 8.76. The Balaban J connectivity index is 2.30. The molecule has 1 saturated heterocycles. The van der Waals surface area contributed by atoms with Crippen LogP contribution in [0.15, 0.2) is 23.1 Å². The van der Waals surface area contributed by atoms with Gasteiger partial charge in [-0.15, -0.1) is 11.8 Å². The van der Waals surface area contributed by atoms with E-state index in [4.69, 9.17) is 0 Å². The maximum absolute atomic E-state index is 11.4. The summed E-state index contributed by atoms with van der Waals surface area (Å²) in [5, 5.41) is 9.36. The normalized spacial score (nSPS) is 16.6. The van der Waals surface area contributed by atoms with Gasteiger partial charge in [-0.3, -0.25) is 4.21 Å². The lowest BCUT2D eigenvalue weighted by Crippen LogP contribution is -2.38. The van der Waals surface area contributed by atoms with Crippen molar-refractivity contribution >= 4 is 28.2 Å². The summed E-state index contributed by atoms with van der Waals surface area (Å²) < 4.78 is 11.4. The third kappa shape index (κ3) is 2.88. The maximum Gasteiger partial charge on any atom is 0.103 e. The van der Waals surface area contributed by atoms with Crippen LogP contribution in [0.2, 0.25) is 0 Å². The second-order valence-electron chi connectivity index (χ2n) is 4.03. The van der Waals surface area contributed by atoms with Crippen LogP contribution < -0.4 is 4.90 Å². The largest absolute Gasteiger partial charge is 0.369 e. The van der Waals surface area contributed by atoms with Crippen molar-refractivity contribution in [2.45, 2.75) is 11.8 Å². The van der Waals surface area contributed by atoms with Crippen LogP contribution in [0.4, 0.5) is 5.69 Å². The number of hydrogen-bond acceptors (Lipinski definition) is 4. The Hall–Kier alpha value is -0.990. The molecule has 2 rings (SSSR count). The van der Waals surface area contributed by atoms with Crippen LogP contribution in [0.25, 0.3) is 0 Å². The van der Waals surface area contributed by atoms with E-state index in [0.29, 0.717) is 11.5 Å². The Kier molecular flexibility index (Phi) is 4.67. The maximum atomic E-state index is 11.4. The third-order valence-electron chi connectivity index (χ3n) is 2.93. The molecule has 0 atom stereocenters. The van der Waals surface area contributed by atoms with Crippen LogP contribution in [-0.4, -0.2) is 34.6 Å². The second-order valence-corrected chi connectivity index (χ2v) is 7.03. The SMILES string of the molecule is CCSc1cccc(N2CCS(=O)CC2)c1C#N. The minimum absolute atomic E-state index is 0.682. The highest BCUT2D eigenvalue weighted by atomic mass is 32.2. The summed E-state index contributed by atoms with van der Waals surface area (Å²) in [6, 6.07) is 8.31. The van der Waals surface area contributed by atoms with Crippen molar-refractivity contribution in [3.8, 4) is 6.07 Å². The number of thioether (sulfide) groups is 1. The van der Waals surface area contributed by atoms with E-state index in [1.165, 1.54) is 0 Å². The zero-order valence-electron chi connectivity index (χ0n) is 10.4. The van der Waals surface area contributed by atoms with Gasteiger partial charge in [-0.1, -0.05) is 13.0 Å². The van der Waals surface area contributed by atoms with Gasteiger partial charge in [0.05, 0.1) is 11.3 Å². The van der Waals surface area contributed by atoms with Crippen LogP contribution >= 0.6 is 11.8 Å². The van der Waals surface area contributed by atoms with Crippen molar-refractivity contribution in [3.05, 3.63) is 23.8 Å². The van der Waals surface area contributed by atoms with Crippen LogP contribution in [0.5, 0.6) is 0 Å². The molecule has 0 bridgehead atoms. The molecule has 1 aliphatic rings. The number of benzene rings is 1. The molecule has 18 heavy (non-hydrogen) atoms. The number of anilines is 1. The van der Waals surface area contributed by atoms with E-state index in [9.17, 15) is 9.47 Å². The molecule has 1 heterocycles. The fourth-order valence-electron chi connectivity index (χ4n) is 2.05. The molecular weight excluding hydrogens is 264 g/mol. The van der Waals surface area contributed by atoms with Crippen molar-refractivity contribution in [3.63, 3.8) is 0 Å². The van der Waals surface area contributed by atoms with E-state index >= 15 is 0 Å². The van der Waals surface area contributed by atoms with Gasteiger partial charge in [-0.05, 0) is 17.9 Å². The van der Waals surface area contributed by atoms with Crippen molar-refractivity contribution in [1.82, 2.24) is 0 Å². The molecule has 96 valence electrons. The van der Waals surface area contributed by atoms with E-state index in [0.717, 1.165) is 35.0 Å². The molecule has 0 aliphatic carbocycles. The summed E-state index contributed by atoms with van der Waals surface area (Å²) in [6.45, 7) is 3.64. The second kappa shape index (κ2) is 6.26. The van der Waals surface area contributed by atoms with Gasteiger partial charge in [0.25, 0.3) is 0 Å². The highest BCUT2D eigenvalue weighted by Gasteiger charge is 2.19. The summed E-state index contributed by atoms with van der Waals surface area (Å²) in [7, 11) is -0.682. The predicted molar refractivity (Wildman–Crippen MR) is 77.6 cm³/mol. The molecule has 0 aromatic heterocycles. The highest BCUT2D eigenvalue weighted by molar-refractivity contribution is 7.99. The fraction of sp³-hybridized carbons (Fsp3) is 0.462. The van der Waals surface area contributed by atoms with Crippen LogP contribution in [0.1, 0.15) is 12.5 Å². The van der Waals surface area contributed by atoms with E-state index < -0.39 is 10.8 Å². The minimum Gasteiger partial charge on any atom is -0.369 e. The first-order valence-electron chi connectivity index (χ1n) is 6.02. The smallest absolute Gasteiger partial charge is 0.103 e. The molecule has 0 unspecified atom stereocenters. The lowest BCUT2D eigenvalue weighted by atomic mass is 10.1. The average Bonchev–Trinajstić information content (AvgIpc) is 2.40. The van der Waals surface area contributed by atoms with Gasteiger partial charge in [0.2, 0.25) is 0 Å². The van der Waals surface area contributed by atoms with Gasteiger partial charge in [-0.2, -0.15) is 5.26 Å². The molecule has 0 saturated carbocycles. The summed E-state index contributed by atoms with van der Waals surface area (Å²) in [6.07, 6.45) is 0. The number of nitriles is 1. The molecule has 1 aromatic rings. The van der Waals surface area contributed by atoms with E-state index in [1.54, 1.807) is 11.8 Å². The molecule has 3 nitrogen and oxygen atoms in total. The Bertz CT molecular complexity index is 486. The third-order valence-corrected chi connectivity index (χ3v) is 5.15. The molecule has 1 aromatic carbocycles. The standard InChI is InChI=1S/C13H16N2OS2/c1-2-17-13-5-3-4-12(11(13)10-14)15-6-8-18(16)9-7-15/h3-5H,2,6-9H2,1H3. The van der Waals surface area contributed by atoms with E-state index in [2.05, 4.69) is 17.9 Å². The first kappa shape index (κ1) is 13.4. The molecule has 1 aliphatic heterocycles. The average molecular weight is 280 g/mol. The summed E-state index contributed by atoms with van der Waals surface area (Å²) in [5.74, 6) is 2.37.